The fraction of sp³-hybridized carbons (Fsp3) is 0.423. The van der Waals surface area contributed by atoms with Crippen LogP contribution in [0.1, 0.15) is 76.1 Å². The number of halogens is 2. The monoisotopic (exact) mass is 451 g/mol. The SMILES string of the molecule is CC(C)Oc1cccc([C@@]2(C)C3=C(CC(C)(C)CC3=O)Nc3ncc(C(F)F)c(C#N)c32)c1. The van der Waals surface area contributed by atoms with Crippen molar-refractivity contribution in [2.75, 3.05) is 5.32 Å². The van der Waals surface area contributed by atoms with Crippen molar-refractivity contribution in [1.29, 1.82) is 5.26 Å². The molecule has 0 unspecified atom stereocenters. The third-order valence-corrected chi connectivity index (χ3v) is 6.38. The van der Waals surface area contributed by atoms with Crippen LogP contribution in [0.25, 0.3) is 0 Å². The molecule has 1 aliphatic carbocycles. The van der Waals surface area contributed by atoms with E-state index < -0.39 is 17.4 Å². The van der Waals surface area contributed by atoms with Crippen LogP contribution in [0.2, 0.25) is 0 Å². The number of nitrogens with zero attached hydrogens (tertiary/aromatic N) is 2. The molecule has 2 heterocycles. The van der Waals surface area contributed by atoms with Gasteiger partial charge < -0.3 is 10.1 Å². The Labute approximate surface area is 192 Å². The van der Waals surface area contributed by atoms with Crippen molar-refractivity contribution in [3.05, 3.63) is 64.0 Å². The van der Waals surface area contributed by atoms with Crippen LogP contribution in [0.3, 0.4) is 0 Å². The lowest BCUT2D eigenvalue weighted by atomic mass is 9.61. The van der Waals surface area contributed by atoms with E-state index in [1.54, 1.807) is 0 Å². The number of pyridine rings is 1. The first kappa shape index (κ1) is 22.9. The van der Waals surface area contributed by atoms with Crippen molar-refractivity contribution in [1.82, 2.24) is 4.98 Å². The number of carbonyl (C=O) groups is 1. The van der Waals surface area contributed by atoms with E-state index in [-0.39, 0.29) is 22.9 Å². The van der Waals surface area contributed by atoms with Gasteiger partial charge >= 0.3 is 0 Å². The van der Waals surface area contributed by atoms with Gasteiger partial charge in [0, 0.05) is 29.5 Å². The number of alkyl halides is 2. The number of nitriles is 1. The fourth-order valence-electron chi connectivity index (χ4n) is 5.11. The third-order valence-electron chi connectivity index (χ3n) is 6.38. The Morgan fingerprint density at radius 3 is 2.58 bits per heavy atom. The van der Waals surface area contributed by atoms with E-state index in [9.17, 15) is 18.8 Å². The molecule has 1 aromatic carbocycles. The summed E-state index contributed by atoms with van der Waals surface area (Å²) in [4.78, 5) is 17.8. The number of aromatic nitrogens is 1. The van der Waals surface area contributed by atoms with E-state index in [1.165, 1.54) is 0 Å². The molecule has 0 bridgehead atoms. The number of ether oxygens (including phenoxy) is 1. The van der Waals surface area contributed by atoms with Crippen molar-refractivity contribution in [2.45, 2.75) is 65.4 Å². The van der Waals surface area contributed by atoms with E-state index in [1.807, 2.05) is 65.0 Å². The second kappa shape index (κ2) is 7.95. The number of ketones is 1. The highest BCUT2D eigenvalue weighted by Gasteiger charge is 2.49. The highest BCUT2D eigenvalue weighted by molar-refractivity contribution is 6.03. The molecule has 2 aliphatic rings. The van der Waals surface area contributed by atoms with Gasteiger partial charge in [0.15, 0.2) is 5.78 Å². The molecule has 33 heavy (non-hydrogen) atoms. The Hall–Kier alpha value is -3.27. The first-order valence-corrected chi connectivity index (χ1v) is 11.0. The Balaban J connectivity index is 2.06. The van der Waals surface area contributed by atoms with Gasteiger partial charge in [0.25, 0.3) is 6.43 Å². The number of benzene rings is 1. The predicted octanol–water partition coefficient (Wildman–Crippen LogP) is 6.05. The number of hydrogen-bond acceptors (Lipinski definition) is 5. The van der Waals surface area contributed by atoms with Gasteiger partial charge in [-0.05, 0) is 50.3 Å². The number of carbonyl (C=O) groups excluding carboxylic acids is 1. The maximum atomic E-state index is 13.8. The summed E-state index contributed by atoms with van der Waals surface area (Å²) in [5.74, 6) is 0.868. The molecule has 0 amide bonds. The molecule has 1 aromatic heterocycles. The first-order chi connectivity index (χ1) is 15.5. The Morgan fingerprint density at radius 1 is 1.21 bits per heavy atom. The fourth-order valence-corrected chi connectivity index (χ4v) is 5.11. The molecule has 5 nitrogen and oxygen atoms in total. The van der Waals surface area contributed by atoms with E-state index in [0.717, 1.165) is 11.9 Å². The smallest absolute Gasteiger partial charge is 0.266 e. The van der Waals surface area contributed by atoms with Crippen LogP contribution < -0.4 is 10.1 Å². The van der Waals surface area contributed by atoms with E-state index >= 15 is 0 Å². The van der Waals surface area contributed by atoms with Gasteiger partial charge in [-0.3, -0.25) is 4.79 Å². The first-order valence-electron chi connectivity index (χ1n) is 11.0. The molecule has 0 spiro atoms. The minimum Gasteiger partial charge on any atom is -0.491 e. The van der Waals surface area contributed by atoms with Crippen LogP contribution in [0, 0.1) is 16.7 Å². The van der Waals surface area contributed by atoms with Crippen LogP contribution in [0.4, 0.5) is 14.6 Å². The van der Waals surface area contributed by atoms with Gasteiger partial charge in [0.1, 0.15) is 17.6 Å². The number of anilines is 1. The van der Waals surface area contributed by atoms with Gasteiger partial charge in [-0.1, -0.05) is 26.0 Å². The van der Waals surface area contributed by atoms with Crippen LogP contribution >= 0.6 is 0 Å². The lowest BCUT2D eigenvalue weighted by Crippen LogP contribution is -2.43. The number of Topliss-reactive ketones (excluding diaryl/α,β-unsaturated/α-hetero) is 1. The highest BCUT2D eigenvalue weighted by atomic mass is 19.3. The van der Waals surface area contributed by atoms with Crippen molar-refractivity contribution in [2.24, 2.45) is 5.41 Å². The third kappa shape index (κ3) is 3.78. The van der Waals surface area contributed by atoms with Crippen LogP contribution in [0.15, 0.2) is 41.7 Å². The van der Waals surface area contributed by atoms with E-state index in [2.05, 4.69) is 10.3 Å². The summed E-state index contributed by atoms with van der Waals surface area (Å²) in [7, 11) is 0. The van der Waals surface area contributed by atoms with E-state index in [0.29, 0.717) is 41.1 Å². The standard InChI is InChI=1S/C26H27F2N3O2/c1-14(2)33-16-8-6-7-15(9-16)26(5)21-17(12-29)18(23(27)28)13-30-24(21)31-19-10-25(3,4)11-20(32)22(19)26/h6-9,13-14,23H,10-11H2,1-5H3,(H,30,31)/t26-/m1/s1. The number of fused-ring (bicyclic) bond motifs is 1. The molecule has 1 aliphatic heterocycles. The zero-order chi connectivity index (χ0) is 24.1. The molecule has 7 heteroatoms. The summed E-state index contributed by atoms with van der Waals surface area (Å²) >= 11 is 0. The molecule has 1 atom stereocenters. The second-order valence-electron chi connectivity index (χ2n) is 9.96. The maximum Gasteiger partial charge on any atom is 0.266 e. The largest absolute Gasteiger partial charge is 0.491 e. The Morgan fingerprint density at radius 2 is 1.94 bits per heavy atom. The van der Waals surface area contributed by atoms with Crippen molar-refractivity contribution in [3.8, 4) is 11.8 Å². The van der Waals surface area contributed by atoms with Crippen molar-refractivity contribution in [3.63, 3.8) is 0 Å². The Kier molecular flexibility index (Phi) is 5.52. The maximum absolute atomic E-state index is 13.8. The summed E-state index contributed by atoms with van der Waals surface area (Å²) in [5.41, 5.74) is 0.220. The molecular formula is C26H27F2N3O2. The molecule has 0 fully saturated rings. The summed E-state index contributed by atoms with van der Waals surface area (Å²) in [6.45, 7) is 9.69. The predicted molar refractivity (Wildman–Crippen MR) is 121 cm³/mol. The lowest BCUT2D eigenvalue weighted by molar-refractivity contribution is -0.118. The normalized spacial score (nSPS) is 21.4. The zero-order valence-corrected chi connectivity index (χ0v) is 19.4. The van der Waals surface area contributed by atoms with Gasteiger partial charge in [-0.2, -0.15) is 5.26 Å². The molecule has 0 radical (unpaired) electrons. The Bertz CT molecular complexity index is 1210. The summed E-state index contributed by atoms with van der Waals surface area (Å²) in [6.07, 6.45) is -0.957. The number of rotatable bonds is 4. The minimum absolute atomic E-state index is 0.0663. The van der Waals surface area contributed by atoms with Crippen LogP contribution in [-0.4, -0.2) is 16.9 Å². The van der Waals surface area contributed by atoms with Crippen LogP contribution in [-0.2, 0) is 10.2 Å². The molecule has 172 valence electrons. The van der Waals surface area contributed by atoms with Crippen LogP contribution in [0.5, 0.6) is 5.75 Å². The molecule has 0 saturated heterocycles. The molecule has 1 N–H and O–H groups in total. The van der Waals surface area contributed by atoms with Gasteiger partial charge in [-0.15, -0.1) is 0 Å². The summed E-state index contributed by atoms with van der Waals surface area (Å²) in [6, 6.07) is 9.27. The van der Waals surface area contributed by atoms with Crippen molar-refractivity contribution < 1.29 is 18.3 Å². The number of nitrogens with one attached hydrogen (secondary N) is 1. The summed E-state index contributed by atoms with van der Waals surface area (Å²) in [5, 5.41) is 13.2. The molecule has 2 aromatic rings. The average molecular weight is 452 g/mol. The van der Waals surface area contributed by atoms with Gasteiger partial charge in [0.05, 0.1) is 22.6 Å². The second-order valence-corrected chi connectivity index (χ2v) is 9.96. The quantitative estimate of drug-likeness (QED) is 0.612. The summed E-state index contributed by atoms with van der Waals surface area (Å²) < 4.78 is 33.6. The van der Waals surface area contributed by atoms with Gasteiger partial charge in [0.2, 0.25) is 0 Å². The van der Waals surface area contributed by atoms with E-state index in [4.69, 9.17) is 4.74 Å². The minimum atomic E-state index is -2.87. The molecule has 4 rings (SSSR count). The topological polar surface area (TPSA) is 75.0 Å². The number of hydrogen-bond donors (Lipinski definition) is 1. The lowest BCUT2D eigenvalue weighted by Gasteiger charge is -2.45. The average Bonchev–Trinajstić information content (AvgIpc) is 2.71. The van der Waals surface area contributed by atoms with Gasteiger partial charge in [-0.25, -0.2) is 13.8 Å². The molecule has 0 saturated carbocycles. The van der Waals surface area contributed by atoms with Crippen molar-refractivity contribution >= 4 is 11.6 Å². The highest BCUT2D eigenvalue weighted by Crippen LogP contribution is 2.54. The number of allylic oxidation sites excluding steroid dienone is 2. The molecular weight excluding hydrogens is 424 g/mol. The zero-order valence-electron chi connectivity index (χ0n) is 19.4.